The third-order valence-electron chi connectivity index (χ3n) is 5.31. The van der Waals surface area contributed by atoms with Crippen molar-refractivity contribution in [3.8, 4) is 17.2 Å². The predicted molar refractivity (Wildman–Crippen MR) is 137 cm³/mol. The molecule has 198 valence electrons. The predicted octanol–water partition coefficient (Wildman–Crippen LogP) is 0.550. The number of phenols is 3. The topological polar surface area (TPSA) is 238 Å². The van der Waals surface area contributed by atoms with E-state index in [1.165, 1.54) is 72.8 Å². The molecule has 1 heterocycles. The Kier molecular flexibility index (Phi) is 7.30. The molecule has 15 nitrogen and oxygen atoms in total. The maximum absolute atomic E-state index is 13.0. The van der Waals surface area contributed by atoms with Crippen LogP contribution in [-0.2, 0) is 0 Å². The number of rotatable bonds is 6. The highest BCUT2D eigenvalue weighted by Crippen LogP contribution is 2.24. The van der Waals surface area contributed by atoms with Gasteiger partial charge < -0.3 is 15.3 Å². The first-order valence-electron chi connectivity index (χ1n) is 11.0. The van der Waals surface area contributed by atoms with E-state index in [1.807, 2.05) is 0 Å². The van der Waals surface area contributed by atoms with Crippen LogP contribution in [0.5, 0.6) is 17.2 Å². The van der Waals surface area contributed by atoms with Gasteiger partial charge in [-0.2, -0.15) is 15.0 Å². The molecule has 0 saturated carbocycles. The van der Waals surface area contributed by atoms with E-state index >= 15 is 0 Å². The van der Waals surface area contributed by atoms with E-state index in [9.17, 15) is 29.7 Å². The normalized spacial score (nSPS) is 10.5. The fourth-order valence-electron chi connectivity index (χ4n) is 3.29. The molecule has 3 amide bonds. The number of hydrogen-bond donors (Lipinski definition) is 6. The Bertz CT molecular complexity index is 1380. The summed E-state index contributed by atoms with van der Waals surface area (Å²) >= 11 is 0. The first-order valence-corrected chi connectivity index (χ1v) is 11.0. The number of carbonyl (C=O) groups is 3. The third kappa shape index (κ3) is 5.25. The summed E-state index contributed by atoms with van der Waals surface area (Å²) < 4.78 is 0. The van der Waals surface area contributed by atoms with Gasteiger partial charge in [0.2, 0.25) is 0 Å². The molecule has 0 bridgehead atoms. The quantitative estimate of drug-likeness (QED) is 0.114. The Morgan fingerprint density at radius 1 is 0.487 bits per heavy atom. The molecule has 9 N–H and O–H groups in total. The molecule has 0 unspecified atom stereocenters. The van der Waals surface area contributed by atoms with Gasteiger partial charge in [0, 0.05) is 0 Å². The highest BCUT2D eigenvalue weighted by Gasteiger charge is 2.28. The third-order valence-corrected chi connectivity index (χ3v) is 5.31. The maximum Gasteiger partial charge on any atom is 0.278 e. The second-order valence-corrected chi connectivity index (χ2v) is 7.81. The molecule has 0 aliphatic heterocycles. The van der Waals surface area contributed by atoms with Gasteiger partial charge in [-0.25, -0.2) is 32.6 Å². The average Bonchev–Trinajstić information content (AvgIpc) is 2.95. The number of nitrogens with two attached hydrogens (primary N) is 3. The molecule has 4 rings (SSSR count). The highest BCUT2D eigenvalue weighted by molar-refractivity contribution is 6.09. The Hall–Kier alpha value is -5.64. The van der Waals surface area contributed by atoms with E-state index in [1.54, 1.807) is 0 Å². The van der Waals surface area contributed by atoms with Gasteiger partial charge in [-0.15, -0.1) is 0 Å². The zero-order valence-electron chi connectivity index (χ0n) is 19.9. The van der Waals surface area contributed by atoms with Crippen LogP contribution in [0.3, 0.4) is 0 Å². The van der Waals surface area contributed by atoms with Crippen LogP contribution in [0.25, 0.3) is 0 Å². The van der Waals surface area contributed by atoms with Crippen LogP contribution in [0, 0.1) is 0 Å². The number of phenolic OH excluding ortho intramolecular Hbond substituents is 3. The lowest BCUT2D eigenvalue weighted by atomic mass is 10.2. The summed E-state index contributed by atoms with van der Waals surface area (Å²) in [7, 11) is 0. The summed E-state index contributed by atoms with van der Waals surface area (Å²) in [5.74, 6) is 11.9. The van der Waals surface area contributed by atoms with Gasteiger partial charge in [0.15, 0.2) is 0 Å². The zero-order chi connectivity index (χ0) is 28.3. The number of anilines is 3. The molecule has 0 fully saturated rings. The summed E-state index contributed by atoms with van der Waals surface area (Å²) in [5, 5.41) is 31.4. The lowest BCUT2D eigenvalue weighted by molar-refractivity contribution is 0.0977. The maximum atomic E-state index is 13.0. The minimum absolute atomic E-state index is 0.215. The first-order chi connectivity index (χ1) is 18.6. The van der Waals surface area contributed by atoms with Crippen molar-refractivity contribution in [1.82, 2.24) is 15.0 Å². The van der Waals surface area contributed by atoms with Crippen molar-refractivity contribution in [2.24, 2.45) is 17.5 Å². The fraction of sp³-hybridized carbons (Fsp3) is 0. The average molecular weight is 531 g/mol. The van der Waals surface area contributed by atoms with Crippen LogP contribution in [0.1, 0.15) is 31.1 Å². The summed E-state index contributed by atoms with van der Waals surface area (Å²) in [6, 6.07) is 16.5. The minimum Gasteiger partial charge on any atom is -0.507 e. The molecule has 0 radical (unpaired) electrons. The number of amides is 3. The van der Waals surface area contributed by atoms with Gasteiger partial charge in [-0.1, -0.05) is 36.4 Å². The molecule has 39 heavy (non-hydrogen) atoms. The molecule has 0 spiro atoms. The molecular weight excluding hydrogens is 510 g/mol. The molecule has 15 heteroatoms. The van der Waals surface area contributed by atoms with Crippen molar-refractivity contribution in [3.63, 3.8) is 0 Å². The van der Waals surface area contributed by atoms with Crippen LogP contribution >= 0.6 is 0 Å². The Morgan fingerprint density at radius 2 is 0.718 bits per heavy atom. The number of para-hydroxylation sites is 3. The molecule has 0 aliphatic carbocycles. The summed E-state index contributed by atoms with van der Waals surface area (Å²) in [6.45, 7) is 0. The number of benzene rings is 3. The fourth-order valence-corrected chi connectivity index (χ4v) is 3.29. The molecule has 0 atom stereocenters. The van der Waals surface area contributed by atoms with Crippen molar-refractivity contribution in [3.05, 3.63) is 89.5 Å². The Morgan fingerprint density at radius 3 is 0.949 bits per heavy atom. The smallest absolute Gasteiger partial charge is 0.278 e. The van der Waals surface area contributed by atoms with Crippen LogP contribution < -0.4 is 32.6 Å². The van der Waals surface area contributed by atoms with E-state index in [-0.39, 0.29) is 16.7 Å². The SMILES string of the molecule is NN(C(=O)c1ccccc1O)c1nc(N(N)C(=O)c2ccccc2O)nc(N(N)C(=O)c2ccccc2O)n1. The molecular formula is C24H21N9O6. The highest BCUT2D eigenvalue weighted by atomic mass is 16.3. The zero-order valence-corrected chi connectivity index (χ0v) is 19.9. The number of aromatic hydroxyl groups is 3. The molecule has 4 aromatic rings. The monoisotopic (exact) mass is 531 g/mol. The van der Waals surface area contributed by atoms with Crippen molar-refractivity contribution in [2.75, 3.05) is 15.0 Å². The van der Waals surface area contributed by atoms with Crippen LogP contribution in [-0.4, -0.2) is 48.0 Å². The van der Waals surface area contributed by atoms with Crippen molar-refractivity contribution in [2.45, 2.75) is 0 Å². The van der Waals surface area contributed by atoms with Crippen LogP contribution in [0.2, 0.25) is 0 Å². The lowest BCUT2D eigenvalue weighted by Gasteiger charge is -2.22. The van der Waals surface area contributed by atoms with E-state index in [0.717, 1.165) is 0 Å². The number of nitrogens with zero attached hydrogens (tertiary/aromatic N) is 6. The van der Waals surface area contributed by atoms with Crippen LogP contribution in [0.4, 0.5) is 17.8 Å². The number of hydrazine groups is 3. The van der Waals surface area contributed by atoms with Crippen molar-refractivity contribution < 1.29 is 29.7 Å². The largest absolute Gasteiger partial charge is 0.507 e. The summed E-state index contributed by atoms with van der Waals surface area (Å²) in [6.07, 6.45) is 0. The summed E-state index contributed by atoms with van der Waals surface area (Å²) in [4.78, 5) is 50.8. The molecule has 3 aromatic carbocycles. The van der Waals surface area contributed by atoms with E-state index < -0.39 is 52.8 Å². The number of aromatic nitrogens is 3. The van der Waals surface area contributed by atoms with Gasteiger partial charge in [-0.05, 0) is 36.4 Å². The molecule has 1 aromatic heterocycles. The molecule has 0 aliphatic rings. The van der Waals surface area contributed by atoms with Crippen molar-refractivity contribution in [1.29, 1.82) is 0 Å². The van der Waals surface area contributed by atoms with Crippen LogP contribution in [0.15, 0.2) is 72.8 Å². The number of hydrogen-bond acceptors (Lipinski definition) is 12. The van der Waals surface area contributed by atoms with E-state index in [4.69, 9.17) is 17.5 Å². The molecule has 0 saturated heterocycles. The minimum atomic E-state index is -0.970. The van der Waals surface area contributed by atoms with Gasteiger partial charge >= 0.3 is 0 Å². The Balaban J connectivity index is 1.80. The van der Waals surface area contributed by atoms with Gasteiger partial charge in [0.1, 0.15) is 17.2 Å². The van der Waals surface area contributed by atoms with Crippen molar-refractivity contribution >= 4 is 35.6 Å². The van der Waals surface area contributed by atoms with E-state index in [0.29, 0.717) is 15.0 Å². The number of carbonyl (C=O) groups excluding carboxylic acids is 3. The lowest BCUT2D eigenvalue weighted by Crippen LogP contribution is -2.44. The van der Waals surface area contributed by atoms with Gasteiger partial charge in [0.25, 0.3) is 35.6 Å². The van der Waals surface area contributed by atoms with E-state index in [2.05, 4.69) is 15.0 Å². The Labute approximate surface area is 219 Å². The first kappa shape index (κ1) is 26.4. The van der Waals surface area contributed by atoms with Gasteiger partial charge in [-0.3, -0.25) is 14.4 Å². The standard InChI is InChI=1S/C24H21N9O6/c25-31(19(37)13-7-1-4-10-16(13)34)22-28-23(32(26)20(38)14-8-2-5-11-17(14)35)30-24(29-22)33(27)21(39)15-9-3-6-12-18(15)36/h1-12,34-36H,25-27H2. The summed E-state index contributed by atoms with van der Waals surface area (Å²) in [5.41, 5.74) is -0.644. The van der Waals surface area contributed by atoms with Gasteiger partial charge in [0.05, 0.1) is 16.7 Å². The second kappa shape index (κ2) is 10.8. The second-order valence-electron chi connectivity index (χ2n) is 7.81.